The minimum absolute atomic E-state index is 0.923. The van der Waals surface area contributed by atoms with Gasteiger partial charge in [0.2, 0.25) is 0 Å². The van der Waals surface area contributed by atoms with Gasteiger partial charge in [-0.1, -0.05) is 271 Å². The molecule has 19 rings (SSSR count). The van der Waals surface area contributed by atoms with E-state index in [1.807, 2.05) is 51.2 Å². The quantitative estimate of drug-likeness (QED) is 0.120. The highest BCUT2D eigenvalue weighted by atomic mass is 32.1. The van der Waals surface area contributed by atoms with E-state index < -0.39 is 0 Å². The zero-order valence-corrected chi connectivity index (χ0v) is 57.9. The number of allylic oxidation sites excluding steroid dienone is 4. The number of hydrogen-bond acceptors (Lipinski definition) is 2. The first kappa shape index (κ1) is 63.8. The van der Waals surface area contributed by atoms with Crippen molar-refractivity contribution in [1.29, 1.82) is 0 Å². The van der Waals surface area contributed by atoms with Crippen LogP contribution in [0.2, 0.25) is 0 Å². The van der Waals surface area contributed by atoms with E-state index in [9.17, 15) is 0 Å². The van der Waals surface area contributed by atoms with E-state index in [4.69, 9.17) is 4.42 Å². The summed E-state index contributed by atoms with van der Waals surface area (Å²) in [5, 5.41) is 23.4. The van der Waals surface area contributed by atoms with Crippen molar-refractivity contribution in [3.8, 4) is 33.6 Å². The number of rotatable bonds is 6. The van der Waals surface area contributed by atoms with Crippen molar-refractivity contribution >= 4 is 151 Å². The van der Waals surface area contributed by atoms with Crippen LogP contribution < -0.4 is 0 Å². The lowest BCUT2D eigenvalue weighted by atomic mass is 9.92. The van der Waals surface area contributed by atoms with Crippen LogP contribution in [0.3, 0.4) is 0 Å². The topological polar surface area (TPSA) is 23.0 Å². The first-order chi connectivity index (χ1) is 48.1. The lowest BCUT2D eigenvalue weighted by molar-refractivity contribution is 0.670. The van der Waals surface area contributed by atoms with Crippen LogP contribution in [0.15, 0.2) is 310 Å². The summed E-state index contributed by atoms with van der Waals surface area (Å²) < 4.78 is 14.0. The molecule has 0 aliphatic heterocycles. The average molecular weight is 1280 g/mol. The Hall–Kier alpha value is -11.6. The summed E-state index contributed by atoms with van der Waals surface area (Å²) in [4.78, 5) is 0. The predicted molar refractivity (Wildman–Crippen MR) is 434 cm³/mol. The molecule has 98 heavy (non-hydrogen) atoms. The van der Waals surface area contributed by atoms with Crippen LogP contribution in [-0.4, -0.2) is 9.13 Å². The van der Waals surface area contributed by atoms with Gasteiger partial charge in [-0.3, -0.25) is 0 Å². The van der Waals surface area contributed by atoms with E-state index in [1.165, 1.54) is 157 Å². The fourth-order valence-corrected chi connectivity index (χ4v) is 16.0. The summed E-state index contributed by atoms with van der Waals surface area (Å²) in [5.41, 5.74) is 19.2. The summed E-state index contributed by atoms with van der Waals surface area (Å²) >= 11 is 1.89. The number of hydrogen-bond donors (Lipinski definition) is 0. The standard InChI is InChI=1S/C41H29NO.C41H25NS.2C4H6.2C2H6/c1-24-14-21-36-34(22-24)35-23-26(3)39-33(20-17-28-9-6-8-25(2)38(28)39)40(35)42(36)29-18-15-27(16-19-29)30-11-7-12-32-31-10-4-5-13-37(31)43-41(30)32;1-24-12-21-36-34(22-24)35-23-28-14-13-26-6-4-7-27-17-20-33(39(28)38(26)27)40(35)42(36)29-18-15-25(16-19-29)30-9-5-10-32-31-8-2-3-11-37(31)43-41(30)32;2*1-3-4-2;2*1-2/h4-23H,1-3H3;2-23H,1H3;2*3-4H,1-2H2;2*1-2H3. The number of fused-ring (bicyclic) bond motifs is 17. The molecule has 476 valence electrons. The molecule has 4 aromatic heterocycles. The zero-order valence-electron chi connectivity index (χ0n) is 57.1. The Kier molecular flexibility index (Phi) is 17.5. The Morgan fingerprint density at radius 2 is 0.806 bits per heavy atom. The van der Waals surface area contributed by atoms with Crippen molar-refractivity contribution in [3.63, 3.8) is 0 Å². The third-order valence-corrected chi connectivity index (χ3v) is 20.2. The van der Waals surface area contributed by atoms with E-state index in [0.717, 1.165) is 38.8 Å². The van der Waals surface area contributed by atoms with Gasteiger partial charge in [-0.2, -0.15) is 0 Å². The molecule has 15 aromatic carbocycles. The minimum Gasteiger partial charge on any atom is -0.455 e. The fourth-order valence-electron chi connectivity index (χ4n) is 14.8. The number of aromatic nitrogens is 2. The van der Waals surface area contributed by atoms with Crippen LogP contribution in [0.1, 0.15) is 49.9 Å². The van der Waals surface area contributed by atoms with Gasteiger partial charge in [0, 0.05) is 80.2 Å². The van der Waals surface area contributed by atoms with Gasteiger partial charge in [0.1, 0.15) is 11.2 Å². The Bertz CT molecular complexity index is 6240. The fraction of sp³-hybridized carbons (Fsp3) is 0.0851. The summed E-state index contributed by atoms with van der Waals surface area (Å²) in [6.07, 6.45) is 6.56. The summed E-state index contributed by atoms with van der Waals surface area (Å²) in [6.45, 7) is 30.3. The van der Waals surface area contributed by atoms with Crippen molar-refractivity contribution in [2.45, 2.75) is 55.4 Å². The van der Waals surface area contributed by atoms with Gasteiger partial charge in [-0.05, 0) is 171 Å². The second-order valence-corrected chi connectivity index (χ2v) is 25.7. The van der Waals surface area contributed by atoms with Crippen molar-refractivity contribution in [1.82, 2.24) is 9.13 Å². The molecule has 0 unspecified atom stereocenters. The van der Waals surface area contributed by atoms with Crippen LogP contribution in [0, 0.1) is 27.7 Å². The molecule has 0 radical (unpaired) electrons. The van der Waals surface area contributed by atoms with Gasteiger partial charge in [-0.15, -0.1) is 11.3 Å². The van der Waals surface area contributed by atoms with Crippen molar-refractivity contribution in [2.24, 2.45) is 0 Å². The number of nitrogens with zero attached hydrogens (tertiary/aromatic N) is 2. The maximum absolute atomic E-state index is 6.37. The monoisotopic (exact) mass is 1280 g/mol. The molecular weight excluding hydrogens is 1210 g/mol. The van der Waals surface area contributed by atoms with E-state index in [1.54, 1.807) is 24.3 Å². The van der Waals surface area contributed by atoms with Crippen molar-refractivity contribution in [2.75, 3.05) is 0 Å². The molecule has 0 N–H and O–H groups in total. The van der Waals surface area contributed by atoms with E-state index >= 15 is 0 Å². The Labute approximate surface area is 577 Å². The largest absolute Gasteiger partial charge is 0.455 e. The number of para-hydroxylation sites is 2. The lowest BCUT2D eigenvalue weighted by Crippen LogP contribution is -1.96. The van der Waals surface area contributed by atoms with Gasteiger partial charge >= 0.3 is 0 Å². The molecular formula is C94H78N2OS. The summed E-state index contributed by atoms with van der Waals surface area (Å²) in [5.74, 6) is 0. The van der Waals surface area contributed by atoms with Crippen molar-refractivity contribution in [3.05, 3.63) is 328 Å². The van der Waals surface area contributed by atoms with E-state index in [0.29, 0.717) is 0 Å². The van der Waals surface area contributed by atoms with Crippen LogP contribution in [0.5, 0.6) is 0 Å². The minimum atomic E-state index is 0.923. The number of aryl methyl sites for hydroxylation is 4. The molecule has 3 nitrogen and oxygen atoms in total. The molecule has 0 atom stereocenters. The van der Waals surface area contributed by atoms with Gasteiger partial charge in [0.25, 0.3) is 0 Å². The molecule has 4 heterocycles. The van der Waals surface area contributed by atoms with Crippen LogP contribution in [-0.2, 0) is 0 Å². The zero-order chi connectivity index (χ0) is 67.9. The lowest BCUT2D eigenvalue weighted by Gasteiger charge is -2.14. The Morgan fingerprint density at radius 1 is 0.327 bits per heavy atom. The smallest absolute Gasteiger partial charge is 0.143 e. The number of furan rings is 1. The molecule has 19 aromatic rings. The van der Waals surface area contributed by atoms with Gasteiger partial charge in [0.15, 0.2) is 0 Å². The maximum atomic E-state index is 6.37. The van der Waals surface area contributed by atoms with Gasteiger partial charge < -0.3 is 13.6 Å². The molecule has 0 bridgehead atoms. The third-order valence-electron chi connectivity index (χ3n) is 19.0. The summed E-state index contributed by atoms with van der Waals surface area (Å²) in [7, 11) is 0. The Morgan fingerprint density at radius 3 is 1.42 bits per heavy atom. The average Bonchev–Trinajstić information content (AvgIpc) is 1.50. The van der Waals surface area contributed by atoms with Crippen LogP contribution >= 0.6 is 11.3 Å². The van der Waals surface area contributed by atoms with E-state index in [-0.39, 0.29) is 0 Å². The normalized spacial score (nSPS) is 11.2. The summed E-state index contributed by atoms with van der Waals surface area (Å²) in [6, 6.07) is 94.0. The maximum Gasteiger partial charge on any atom is 0.143 e. The first-order valence-corrected chi connectivity index (χ1v) is 34.9. The highest BCUT2D eigenvalue weighted by Gasteiger charge is 2.22. The van der Waals surface area contributed by atoms with E-state index in [2.05, 4.69) is 306 Å². The molecule has 4 heteroatoms. The van der Waals surface area contributed by atoms with Crippen LogP contribution in [0.25, 0.3) is 173 Å². The van der Waals surface area contributed by atoms with Gasteiger partial charge in [0.05, 0.1) is 22.1 Å². The van der Waals surface area contributed by atoms with Gasteiger partial charge in [-0.25, -0.2) is 0 Å². The molecule has 0 saturated carbocycles. The predicted octanol–water partition coefficient (Wildman–Crippen LogP) is 28.4. The molecule has 0 amide bonds. The third kappa shape index (κ3) is 10.8. The molecule has 0 aliphatic rings. The second-order valence-electron chi connectivity index (χ2n) is 24.7. The number of benzene rings is 15. The van der Waals surface area contributed by atoms with Crippen LogP contribution in [0.4, 0.5) is 0 Å². The highest BCUT2D eigenvalue weighted by molar-refractivity contribution is 7.26. The molecule has 0 saturated heterocycles. The molecule has 0 spiro atoms. The first-order valence-electron chi connectivity index (χ1n) is 34.1. The number of thiophene rings is 1. The SMILES string of the molecule is C=CC=C.C=CC=C.CC.CC.Cc1ccc2c(c1)c1cc(C)c3c(ccc4cccc(C)c43)c1n2-c1ccc(-c2cccc3c2oc2ccccc23)cc1.Cc1ccc2c(c1)c1cc3ccc4cccc5ccc(c3c45)c1n2-c1ccc(-c2cccc3c2sc2ccccc23)cc1. The van der Waals surface area contributed by atoms with Crippen molar-refractivity contribution < 1.29 is 4.42 Å². The molecule has 0 aliphatic carbocycles. The second kappa shape index (κ2) is 26.9. The Balaban J connectivity index is 0.000000145. The highest BCUT2D eigenvalue weighted by Crippen LogP contribution is 2.47. The molecule has 0 fully saturated rings.